The van der Waals surface area contributed by atoms with Gasteiger partial charge in [-0.25, -0.2) is 14.2 Å². The van der Waals surface area contributed by atoms with Gasteiger partial charge in [0, 0.05) is 58.9 Å². The van der Waals surface area contributed by atoms with E-state index in [0.29, 0.717) is 56.0 Å². The smallest absolute Gasteiger partial charge is 0.332 e. The van der Waals surface area contributed by atoms with Crippen LogP contribution in [-0.4, -0.2) is 67.1 Å². The molecule has 1 aromatic carbocycles. The number of nitrogens with zero attached hydrogens (tertiary/aromatic N) is 6. The van der Waals surface area contributed by atoms with Crippen molar-refractivity contribution in [2.75, 3.05) is 32.7 Å². The maximum atomic E-state index is 13.1. The first-order valence-corrected chi connectivity index (χ1v) is 9.75. The van der Waals surface area contributed by atoms with Gasteiger partial charge in [-0.2, -0.15) is 0 Å². The van der Waals surface area contributed by atoms with E-state index in [9.17, 15) is 18.8 Å². The fourth-order valence-corrected chi connectivity index (χ4v) is 3.77. The lowest BCUT2D eigenvalue weighted by Gasteiger charge is -2.34. The van der Waals surface area contributed by atoms with Crippen LogP contribution in [0, 0.1) is 5.82 Å². The molecule has 0 unspecified atom stereocenters. The lowest BCUT2D eigenvalue weighted by atomic mass is 10.2. The fourth-order valence-electron chi connectivity index (χ4n) is 3.77. The number of piperazine rings is 1. The topological polar surface area (TPSA) is 85.4 Å². The van der Waals surface area contributed by atoms with Gasteiger partial charge in [-0.15, -0.1) is 0 Å². The number of benzene rings is 1. The maximum Gasteiger partial charge on any atom is 0.332 e. The molecule has 0 atom stereocenters. The molecule has 30 heavy (non-hydrogen) atoms. The van der Waals surface area contributed by atoms with Crippen LogP contribution in [0.2, 0.25) is 0 Å². The third-order valence-corrected chi connectivity index (χ3v) is 5.63. The van der Waals surface area contributed by atoms with E-state index < -0.39 is 5.69 Å². The largest absolute Gasteiger partial charge is 0.336 e. The number of halogens is 1. The highest BCUT2D eigenvalue weighted by molar-refractivity contribution is 5.94. The average molecular weight is 414 g/mol. The van der Waals surface area contributed by atoms with Gasteiger partial charge in [0.25, 0.3) is 11.5 Å². The van der Waals surface area contributed by atoms with Crippen molar-refractivity contribution in [3.8, 4) is 0 Å². The van der Waals surface area contributed by atoms with Crippen molar-refractivity contribution in [3.63, 3.8) is 0 Å². The predicted molar refractivity (Wildman–Crippen MR) is 109 cm³/mol. The molecular weight excluding hydrogens is 391 g/mol. The molecule has 3 heterocycles. The molecule has 0 bridgehead atoms. The van der Waals surface area contributed by atoms with Gasteiger partial charge in [0.1, 0.15) is 5.82 Å². The zero-order valence-corrected chi connectivity index (χ0v) is 16.9. The Labute approximate surface area is 171 Å². The Hall–Kier alpha value is -3.27. The summed E-state index contributed by atoms with van der Waals surface area (Å²) >= 11 is 0. The van der Waals surface area contributed by atoms with Gasteiger partial charge in [0.2, 0.25) is 0 Å². The summed E-state index contributed by atoms with van der Waals surface area (Å²) in [4.78, 5) is 45.3. The lowest BCUT2D eigenvalue weighted by molar-refractivity contribution is 0.0633. The van der Waals surface area contributed by atoms with Gasteiger partial charge in [-0.05, 0) is 24.3 Å². The van der Waals surface area contributed by atoms with Gasteiger partial charge in [0.05, 0.1) is 6.33 Å². The Morgan fingerprint density at radius 3 is 2.33 bits per heavy atom. The van der Waals surface area contributed by atoms with Gasteiger partial charge >= 0.3 is 5.69 Å². The molecule has 158 valence electrons. The SMILES string of the molecule is Cn1c(=O)c2c(ncn2CCN2CCN(C(=O)c3ccc(F)cc3)CC2)n(C)c1=O. The number of aromatic nitrogens is 4. The molecule has 0 N–H and O–H groups in total. The summed E-state index contributed by atoms with van der Waals surface area (Å²) in [5.41, 5.74) is 0.499. The average Bonchev–Trinajstić information content (AvgIpc) is 3.19. The summed E-state index contributed by atoms with van der Waals surface area (Å²) in [5, 5.41) is 0. The Kier molecular flexibility index (Phi) is 5.25. The lowest BCUT2D eigenvalue weighted by Crippen LogP contribution is -2.49. The first-order chi connectivity index (χ1) is 14.4. The second kappa shape index (κ2) is 7.86. The number of carbonyl (C=O) groups is 1. The second-order valence-corrected chi connectivity index (χ2v) is 7.46. The molecule has 0 saturated carbocycles. The summed E-state index contributed by atoms with van der Waals surface area (Å²) in [7, 11) is 3.05. The Morgan fingerprint density at radius 1 is 1.00 bits per heavy atom. The number of hydrogen-bond donors (Lipinski definition) is 0. The van der Waals surface area contributed by atoms with E-state index >= 15 is 0 Å². The van der Waals surface area contributed by atoms with Gasteiger partial charge in [-0.1, -0.05) is 0 Å². The summed E-state index contributed by atoms with van der Waals surface area (Å²) in [6.45, 7) is 3.81. The molecule has 9 nitrogen and oxygen atoms in total. The molecule has 4 rings (SSSR count). The monoisotopic (exact) mass is 414 g/mol. The zero-order valence-electron chi connectivity index (χ0n) is 16.9. The normalized spacial score (nSPS) is 15.1. The van der Waals surface area contributed by atoms with E-state index in [1.54, 1.807) is 22.8 Å². The zero-order chi connectivity index (χ0) is 21.4. The van der Waals surface area contributed by atoms with Crippen LogP contribution in [-0.2, 0) is 20.6 Å². The van der Waals surface area contributed by atoms with Crippen LogP contribution in [0.25, 0.3) is 11.2 Å². The van der Waals surface area contributed by atoms with Crippen molar-refractivity contribution < 1.29 is 9.18 Å². The Bertz CT molecular complexity index is 1200. The third kappa shape index (κ3) is 3.54. The molecule has 0 radical (unpaired) electrons. The Morgan fingerprint density at radius 2 is 1.67 bits per heavy atom. The highest BCUT2D eigenvalue weighted by Gasteiger charge is 2.22. The second-order valence-electron chi connectivity index (χ2n) is 7.46. The number of fused-ring (bicyclic) bond motifs is 1. The molecule has 1 saturated heterocycles. The van der Waals surface area contributed by atoms with Gasteiger partial charge in [0.15, 0.2) is 11.2 Å². The summed E-state index contributed by atoms with van der Waals surface area (Å²) < 4.78 is 17.3. The van der Waals surface area contributed by atoms with Crippen LogP contribution in [0.4, 0.5) is 4.39 Å². The molecule has 1 amide bonds. The highest BCUT2D eigenvalue weighted by Crippen LogP contribution is 2.11. The number of amides is 1. The number of carbonyl (C=O) groups excluding carboxylic acids is 1. The minimum atomic E-state index is -0.403. The molecule has 1 fully saturated rings. The van der Waals surface area contributed by atoms with Crippen molar-refractivity contribution in [3.05, 3.63) is 62.8 Å². The summed E-state index contributed by atoms with van der Waals surface area (Å²) in [6, 6.07) is 5.59. The molecule has 0 spiro atoms. The van der Waals surface area contributed by atoms with Crippen LogP contribution < -0.4 is 11.2 Å². The number of aryl methyl sites for hydroxylation is 1. The van der Waals surface area contributed by atoms with Crippen LogP contribution >= 0.6 is 0 Å². The molecular formula is C20H23FN6O3. The third-order valence-electron chi connectivity index (χ3n) is 5.63. The van der Waals surface area contributed by atoms with E-state index in [1.165, 1.54) is 35.9 Å². The predicted octanol–water partition coefficient (Wildman–Crippen LogP) is 0.0308. The molecule has 10 heteroatoms. The molecule has 0 aliphatic carbocycles. The van der Waals surface area contributed by atoms with Crippen molar-refractivity contribution in [2.45, 2.75) is 6.54 Å². The minimum absolute atomic E-state index is 0.0975. The van der Waals surface area contributed by atoms with Crippen LogP contribution in [0.15, 0.2) is 40.2 Å². The van der Waals surface area contributed by atoms with Crippen molar-refractivity contribution in [1.82, 2.24) is 28.5 Å². The number of hydrogen-bond acceptors (Lipinski definition) is 5. The van der Waals surface area contributed by atoms with Gasteiger partial charge < -0.3 is 9.47 Å². The Balaban J connectivity index is 1.40. The van der Waals surface area contributed by atoms with E-state index in [1.807, 2.05) is 0 Å². The number of imidazole rings is 1. The first-order valence-electron chi connectivity index (χ1n) is 9.75. The molecule has 3 aromatic rings. The molecule has 1 aliphatic rings. The van der Waals surface area contributed by atoms with Crippen molar-refractivity contribution in [2.24, 2.45) is 14.1 Å². The van der Waals surface area contributed by atoms with E-state index in [0.717, 1.165) is 4.57 Å². The molecule has 1 aliphatic heterocycles. The summed E-state index contributed by atoms with van der Waals surface area (Å²) in [6.07, 6.45) is 1.58. The standard InChI is InChI=1S/C20H23FN6O3/c1-23-17-16(19(29)24(2)20(23)30)27(13-22-17)12-9-25-7-10-26(11-8-25)18(28)14-3-5-15(21)6-4-14/h3-6,13H,7-12H2,1-2H3. The van der Waals surface area contributed by atoms with Crippen LogP contribution in [0.5, 0.6) is 0 Å². The van der Waals surface area contributed by atoms with E-state index in [4.69, 9.17) is 0 Å². The van der Waals surface area contributed by atoms with E-state index in [2.05, 4.69) is 9.88 Å². The first kappa shape index (κ1) is 20.0. The van der Waals surface area contributed by atoms with Crippen LogP contribution in [0.1, 0.15) is 10.4 Å². The highest BCUT2D eigenvalue weighted by atomic mass is 19.1. The van der Waals surface area contributed by atoms with Crippen LogP contribution in [0.3, 0.4) is 0 Å². The summed E-state index contributed by atoms with van der Waals surface area (Å²) in [5.74, 6) is -0.460. The maximum absolute atomic E-state index is 13.1. The van der Waals surface area contributed by atoms with Crippen molar-refractivity contribution in [1.29, 1.82) is 0 Å². The fraction of sp³-hybridized carbons (Fsp3) is 0.400. The minimum Gasteiger partial charge on any atom is -0.336 e. The van der Waals surface area contributed by atoms with Gasteiger partial charge in [-0.3, -0.25) is 23.6 Å². The number of rotatable bonds is 4. The van der Waals surface area contributed by atoms with Crippen molar-refractivity contribution >= 4 is 17.1 Å². The molecule has 2 aromatic heterocycles. The quantitative estimate of drug-likeness (QED) is 0.602. The van der Waals surface area contributed by atoms with E-state index in [-0.39, 0.29) is 17.3 Å².